The van der Waals surface area contributed by atoms with Crippen LogP contribution in [0.5, 0.6) is 0 Å². The SMILES string of the molecule is NC(=O)c1cccc2c(CCc3ccccc3)c(-c3ccc4c(C(N)=O)cccc4c3CCc3ccccc3)ccc12. The van der Waals surface area contributed by atoms with Crippen LogP contribution in [-0.2, 0) is 25.7 Å². The van der Waals surface area contributed by atoms with E-state index in [2.05, 4.69) is 72.8 Å². The third-order valence-electron chi connectivity index (χ3n) is 8.18. The summed E-state index contributed by atoms with van der Waals surface area (Å²) in [7, 11) is 0. The summed E-state index contributed by atoms with van der Waals surface area (Å²) in [5.74, 6) is -0.869. The van der Waals surface area contributed by atoms with Crippen molar-refractivity contribution >= 4 is 33.4 Å². The van der Waals surface area contributed by atoms with E-state index in [1.165, 1.54) is 22.3 Å². The van der Waals surface area contributed by atoms with E-state index in [1.807, 2.05) is 36.4 Å². The molecule has 0 bridgehead atoms. The molecule has 0 aromatic heterocycles. The highest BCUT2D eigenvalue weighted by Crippen LogP contribution is 2.38. The summed E-state index contributed by atoms with van der Waals surface area (Å²) in [4.78, 5) is 24.7. The van der Waals surface area contributed by atoms with E-state index in [0.29, 0.717) is 11.1 Å². The lowest BCUT2D eigenvalue weighted by Gasteiger charge is -2.20. The fraction of sp³-hybridized carbons (Fsp3) is 0.105. The maximum absolute atomic E-state index is 12.4. The molecule has 0 heterocycles. The number of benzene rings is 6. The maximum atomic E-state index is 12.4. The number of carbonyl (C=O) groups excluding carboxylic acids is 2. The standard InChI is InChI=1S/C38H32N2O2/c39-37(41)35-15-7-13-27-29(19-17-25-9-3-1-4-10-25)31(21-23-33(27)35)32-22-24-34-28(14-8-16-36(34)38(40)42)30(32)20-18-26-11-5-2-6-12-26/h1-16,21-24H,17-20H2,(H2,39,41)(H2,40,42). The summed E-state index contributed by atoms with van der Waals surface area (Å²) < 4.78 is 0. The van der Waals surface area contributed by atoms with E-state index in [4.69, 9.17) is 11.5 Å². The van der Waals surface area contributed by atoms with Gasteiger partial charge in [0.1, 0.15) is 0 Å². The monoisotopic (exact) mass is 548 g/mol. The molecule has 0 aliphatic heterocycles. The molecule has 0 saturated carbocycles. The first-order valence-corrected chi connectivity index (χ1v) is 14.3. The molecule has 4 N–H and O–H groups in total. The number of nitrogens with two attached hydrogens (primary N) is 2. The molecule has 0 aliphatic rings. The molecule has 0 atom stereocenters. The summed E-state index contributed by atoms with van der Waals surface area (Å²) in [6.07, 6.45) is 3.28. The average molecular weight is 549 g/mol. The minimum absolute atomic E-state index is 0.435. The van der Waals surface area contributed by atoms with Gasteiger partial charge in [-0.25, -0.2) is 0 Å². The third-order valence-corrected chi connectivity index (χ3v) is 8.18. The Labute approximate surface area is 245 Å². The zero-order chi connectivity index (χ0) is 29.1. The van der Waals surface area contributed by atoms with Crippen molar-refractivity contribution in [2.24, 2.45) is 11.5 Å². The van der Waals surface area contributed by atoms with Crippen LogP contribution in [-0.4, -0.2) is 11.8 Å². The maximum Gasteiger partial charge on any atom is 0.249 e. The first-order valence-electron chi connectivity index (χ1n) is 14.3. The minimum atomic E-state index is -0.435. The van der Waals surface area contributed by atoms with E-state index >= 15 is 0 Å². The van der Waals surface area contributed by atoms with E-state index in [0.717, 1.165) is 58.4 Å². The van der Waals surface area contributed by atoms with Crippen molar-refractivity contribution in [2.75, 3.05) is 0 Å². The molecule has 6 aromatic rings. The van der Waals surface area contributed by atoms with Crippen LogP contribution >= 0.6 is 0 Å². The van der Waals surface area contributed by atoms with Crippen molar-refractivity contribution in [3.8, 4) is 11.1 Å². The predicted octanol–water partition coefficient (Wildman–Crippen LogP) is 7.43. The van der Waals surface area contributed by atoms with Crippen LogP contribution in [0.25, 0.3) is 32.7 Å². The zero-order valence-corrected chi connectivity index (χ0v) is 23.3. The molecule has 2 amide bonds. The topological polar surface area (TPSA) is 86.2 Å². The van der Waals surface area contributed by atoms with E-state index < -0.39 is 11.8 Å². The summed E-state index contributed by atoms with van der Waals surface area (Å²) in [6, 6.07) is 40.7. The van der Waals surface area contributed by atoms with E-state index in [-0.39, 0.29) is 0 Å². The summed E-state index contributed by atoms with van der Waals surface area (Å²) in [5, 5.41) is 3.78. The number of carbonyl (C=O) groups is 2. The molecule has 0 spiro atoms. The summed E-state index contributed by atoms with van der Waals surface area (Å²) in [5.41, 5.74) is 19.7. The summed E-state index contributed by atoms with van der Waals surface area (Å²) >= 11 is 0. The van der Waals surface area contributed by atoms with Crippen molar-refractivity contribution in [3.63, 3.8) is 0 Å². The Hall–Kier alpha value is -5.22. The van der Waals surface area contributed by atoms with Gasteiger partial charge in [0.05, 0.1) is 0 Å². The van der Waals surface area contributed by atoms with Crippen molar-refractivity contribution in [1.82, 2.24) is 0 Å². The van der Waals surface area contributed by atoms with Crippen LogP contribution in [0.2, 0.25) is 0 Å². The average Bonchev–Trinajstić information content (AvgIpc) is 3.02. The second-order valence-corrected chi connectivity index (χ2v) is 10.7. The van der Waals surface area contributed by atoms with Crippen LogP contribution in [0.15, 0.2) is 121 Å². The highest BCUT2D eigenvalue weighted by atomic mass is 16.1. The third kappa shape index (κ3) is 5.27. The second kappa shape index (κ2) is 11.7. The molecule has 6 aromatic carbocycles. The van der Waals surface area contributed by atoms with Crippen molar-refractivity contribution in [1.29, 1.82) is 0 Å². The molecule has 4 heteroatoms. The first-order chi connectivity index (χ1) is 20.5. The summed E-state index contributed by atoms with van der Waals surface area (Å²) in [6.45, 7) is 0. The number of primary amides is 2. The second-order valence-electron chi connectivity index (χ2n) is 10.7. The van der Waals surface area contributed by atoms with Gasteiger partial charge >= 0.3 is 0 Å². The molecule has 0 saturated heterocycles. The van der Waals surface area contributed by atoms with Crippen molar-refractivity contribution in [2.45, 2.75) is 25.7 Å². The van der Waals surface area contributed by atoms with Crippen molar-refractivity contribution < 1.29 is 9.59 Å². The Balaban J connectivity index is 1.58. The van der Waals surface area contributed by atoms with Gasteiger partial charge in [-0.1, -0.05) is 109 Å². The highest BCUT2D eigenvalue weighted by molar-refractivity contribution is 6.10. The van der Waals surface area contributed by atoms with Gasteiger partial charge in [-0.05, 0) is 92.7 Å². The molecule has 42 heavy (non-hydrogen) atoms. The van der Waals surface area contributed by atoms with Gasteiger partial charge in [0.2, 0.25) is 11.8 Å². The Morgan fingerprint density at radius 2 is 0.810 bits per heavy atom. The number of rotatable bonds is 9. The molecular weight excluding hydrogens is 516 g/mol. The Bertz CT molecular complexity index is 1790. The number of fused-ring (bicyclic) bond motifs is 2. The number of amides is 2. The molecule has 0 aliphatic carbocycles. The smallest absolute Gasteiger partial charge is 0.249 e. The lowest BCUT2D eigenvalue weighted by Crippen LogP contribution is -2.12. The van der Waals surface area contributed by atoms with Crippen molar-refractivity contribution in [3.05, 3.63) is 155 Å². The molecular formula is C38H32N2O2. The molecule has 6 rings (SSSR count). The van der Waals surface area contributed by atoms with Gasteiger partial charge in [0.25, 0.3) is 0 Å². The molecule has 4 nitrogen and oxygen atoms in total. The molecule has 0 unspecified atom stereocenters. The van der Waals surface area contributed by atoms with Gasteiger partial charge in [-0.2, -0.15) is 0 Å². The normalized spacial score (nSPS) is 11.1. The Kier molecular flexibility index (Phi) is 7.52. The Morgan fingerprint density at radius 1 is 0.405 bits per heavy atom. The first kappa shape index (κ1) is 27.0. The van der Waals surface area contributed by atoms with E-state index in [9.17, 15) is 9.59 Å². The van der Waals surface area contributed by atoms with Crippen LogP contribution < -0.4 is 11.5 Å². The fourth-order valence-electron chi connectivity index (χ4n) is 6.14. The number of hydrogen-bond donors (Lipinski definition) is 2. The molecule has 0 fully saturated rings. The lowest BCUT2D eigenvalue weighted by atomic mass is 9.84. The van der Waals surface area contributed by atoms with Crippen LogP contribution in [0.3, 0.4) is 0 Å². The lowest BCUT2D eigenvalue weighted by molar-refractivity contribution is 0.0993. The number of aryl methyl sites for hydroxylation is 4. The molecule has 0 radical (unpaired) electrons. The highest BCUT2D eigenvalue weighted by Gasteiger charge is 2.19. The van der Waals surface area contributed by atoms with Gasteiger partial charge in [0, 0.05) is 11.1 Å². The van der Waals surface area contributed by atoms with Gasteiger partial charge < -0.3 is 11.5 Å². The van der Waals surface area contributed by atoms with Crippen LogP contribution in [0.1, 0.15) is 43.0 Å². The van der Waals surface area contributed by atoms with Gasteiger partial charge in [0.15, 0.2) is 0 Å². The minimum Gasteiger partial charge on any atom is -0.366 e. The van der Waals surface area contributed by atoms with Gasteiger partial charge in [-0.15, -0.1) is 0 Å². The van der Waals surface area contributed by atoms with E-state index in [1.54, 1.807) is 12.1 Å². The zero-order valence-electron chi connectivity index (χ0n) is 23.3. The fourth-order valence-corrected chi connectivity index (χ4v) is 6.14. The Morgan fingerprint density at radius 3 is 1.19 bits per heavy atom. The van der Waals surface area contributed by atoms with Crippen LogP contribution in [0, 0.1) is 0 Å². The largest absolute Gasteiger partial charge is 0.366 e. The van der Waals surface area contributed by atoms with Crippen LogP contribution in [0.4, 0.5) is 0 Å². The quantitative estimate of drug-likeness (QED) is 0.197. The van der Waals surface area contributed by atoms with Gasteiger partial charge in [-0.3, -0.25) is 9.59 Å². The predicted molar refractivity (Wildman–Crippen MR) is 172 cm³/mol. The number of hydrogen-bond acceptors (Lipinski definition) is 2. The molecule has 206 valence electrons.